The lowest BCUT2D eigenvalue weighted by Crippen LogP contribution is -1.99. The van der Waals surface area contributed by atoms with Crippen molar-refractivity contribution in [3.63, 3.8) is 0 Å². The Hall–Kier alpha value is -3.84. The van der Waals surface area contributed by atoms with E-state index < -0.39 is 5.91 Å². The molecule has 34 heavy (non-hydrogen) atoms. The number of para-hydroxylation sites is 1. The summed E-state index contributed by atoms with van der Waals surface area (Å²) in [6.07, 6.45) is 0. The van der Waals surface area contributed by atoms with Gasteiger partial charge in [-0.2, -0.15) is 0 Å². The summed E-state index contributed by atoms with van der Waals surface area (Å²) >= 11 is 3.45. The molecule has 0 fully saturated rings. The van der Waals surface area contributed by atoms with Crippen LogP contribution < -0.4 is 0 Å². The van der Waals surface area contributed by atoms with Crippen molar-refractivity contribution in [1.82, 2.24) is 9.55 Å². The maximum absolute atomic E-state index is 13.3. The molecular formula is C27H21BrN4O2. The number of hydrogen-bond acceptors (Lipinski definition) is 4. The van der Waals surface area contributed by atoms with Crippen molar-refractivity contribution in [3.05, 3.63) is 88.4 Å². The minimum absolute atomic E-state index is 0.00812. The lowest BCUT2D eigenvalue weighted by molar-refractivity contribution is 0.0996. The second-order valence-electron chi connectivity index (χ2n) is 8.02. The van der Waals surface area contributed by atoms with E-state index >= 15 is 0 Å². The average Bonchev–Trinajstić information content (AvgIpc) is 3.12. The van der Waals surface area contributed by atoms with Crippen LogP contribution in [0.1, 0.15) is 22.8 Å². The molecular weight excluding hydrogens is 492 g/mol. The number of aromatic nitrogens is 2. The number of amides is 1. The van der Waals surface area contributed by atoms with Crippen molar-refractivity contribution >= 4 is 49.3 Å². The van der Waals surface area contributed by atoms with E-state index in [0.717, 1.165) is 26.5 Å². The van der Waals surface area contributed by atoms with Gasteiger partial charge in [-0.05, 0) is 50.2 Å². The molecule has 0 atom stereocenters. The molecule has 3 aromatic carbocycles. The Morgan fingerprint density at radius 1 is 1.03 bits per heavy atom. The van der Waals surface area contributed by atoms with E-state index in [-0.39, 0.29) is 11.6 Å². The molecule has 0 unspecified atom stereocenters. The van der Waals surface area contributed by atoms with Crippen molar-refractivity contribution in [3.8, 4) is 17.1 Å². The fourth-order valence-electron chi connectivity index (χ4n) is 4.12. The fraction of sp³-hybridized carbons (Fsp3) is 0.111. The van der Waals surface area contributed by atoms with E-state index in [0.29, 0.717) is 28.7 Å². The fourth-order valence-corrected chi connectivity index (χ4v) is 4.39. The van der Waals surface area contributed by atoms with E-state index in [9.17, 15) is 9.90 Å². The highest BCUT2D eigenvalue weighted by Gasteiger charge is 2.18. The molecule has 0 aliphatic rings. The first-order valence-electron chi connectivity index (χ1n) is 10.9. The predicted molar refractivity (Wildman–Crippen MR) is 138 cm³/mol. The van der Waals surface area contributed by atoms with Crippen LogP contribution in [0.5, 0.6) is 5.88 Å². The van der Waals surface area contributed by atoms with Crippen LogP contribution in [0.15, 0.2) is 87.5 Å². The molecule has 5 aromatic rings. The summed E-state index contributed by atoms with van der Waals surface area (Å²) in [4.78, 5) is 18.1. The number of carbonyl (C=O) groups is 1. The number of pyridine rings is 1. The number of aromatic hydroxyl groups is 1. The summed E-state index contributed by atoms with van der Waals surface area (Å²) in [5, 5.41) is 20.4. The highest BCUT2D eigenvalue weighted by atomic mass is 79.9. The maximum atomic E-state index is 13.3. The predicted octanol–water partition coefficient (Wildman–Crippen LogP) is 7.58. The quantitative estimate of drug-likeness (QED) is 0.252. The Balaban J connectivity index is 1.63. The number of rotatable bonds is 4. The van der Waals surface area contributed by atoms with Crippen LogP contribution in [0.3, 0.4) is 0 Å². The molecule has 0 bridgehead atoms. The molecule has 7 heteroatoms. The Morgan fingerprint density at radius 2 is 1.79 bits per heavy atom. The first-order chi connectivity index (χ1) is 16.5. The Kier molecular flexibility index (Phi) is 5.71. The molecule has 0 saturated carbocycles. The third-order valence-corrected chi connectivity index (χ3v) is 6.34. The first-order valence-corrected chi connectivity index (χ1v) is 11.7. The minimum atomic E-state index is -0.496. The van der Waals surface area contributed by atoms with Gasteiger partial charge in [-0.25, -0.2) is 4.98 Å². The zero-order valence-electron chi connectivity index (χ0n) is 18.7. The van der Waals surface area contributed by atoms with Crippen LogP contribution >= 0.6 is 15.9 Å². The third kappa shape index (κ3) is 3.88. The lowest BCUT2D eigenvalue weighted by Gasteiger charge is -2.08. The van der Waals surface area contributed by atoms with Gasteiger partial charge < -0.3 is 9.67 Å². The molecule has 0 aliphatic heterocycles. The van der Waals surface area contributed by atoms with Gasteiger partial charge in [-0.3, -0.25) is 4.79 Å². The van der Waals surface area contributed by atoms with Crippen molar-refractivity contribution in [2.75, 3.05) is 0 Å². The summed E-state index contributed by atoms with van der Waals surface area (Å²) in [7, 11) is 0. The summed E-state index contributed by atoms with van der Waals surface area (Å²) in [5.41, 5.74) is 4.82. The monoisotopic (exact) mass is 512 g/mol. The van der Waals surface area contributed by atoms with Crippen LogP contribution in [0.25, 0.3) is 33.1 Å². The highest BCUT2D eigenvalue weighted by Crippen LogP contribution is 2.39. The molecule has 168 valence electrons. The molecule has 5 rings (SSSR count). The summed E-state index contributed by atoms with van der Waals surface area (Å²) < 4.78 is 2.70. The van der Waals surface area contributed by atoms with Crippen LogP contribution in [0.2, 0.25) is 0 Å². The molecule has 0 aliphatic carbocycles. The standard InChI is InChI=1S/C27H21BrN4O2/c1-3-32-24-7-5-4-6-19(24)25(27(32)34)30-31-26(33)21-15-23(17-9-11-18(28)12-10-17)29-22-13-8-16(2)14-20(21)22/h4-15,34H,3H2,1-2H3. The van der Waals surface area contributed by atoms with E-state index in [1.165, 1.54) is 0 Å². The summed E-state index contributed by atoms with van der Waals surface area (Å²) in [6, 6.07) is 22.8. The van der Waals surface area contributed by atoms with Gasteiger partial charge in [0.05, 0.1) is 22.3 Å². The number of benzene rings is 3. The molecule has 2 heterocycles. The largest absolute Gasteiger partial charge is 0.493 e. The number of nitrogens with zero attached hydrogens (tertiary/aromatic N) is 4. The second-order valence-corrected chi connectivity index (χ2v) is 8.94. The number of halogens is 1. The zero-order valence-corrected chi connectivity index (χ0v) is 20.2. The number of aryl methyl sites for hydroxylation is 2. The average molecular weight is 513 g/mol. The van der Waals surface area contributed by atoms with Crippen LogP contribution in [-0.2, 0) is 6.54 Å². The Bertz CT molecular complexity index is 1590. The van der Waals surface area contributed by atoms with Gasteiger partial charge in [0.2, 0.25) is 5.88 Å². The first kappa shape index (κ1) is 22.0. The van der Waals surface area contributed by atoms with Crippen molar-refractivity contribution in [2.24, 2.45) is 10.2 Å². The van der Waals surface area contributed by atoms with Gasteiger partial charge >= 0.3 is 0 Å². The smallest absolute Gasteiger partial charge is 0.296 e. The molecule has 1 N–H and O–H groups in total. The Morgan fingerprint density at radius 3 is 2.56 bits per heavy atom. The molecule has 0 saturated heterocycles. The number of azo groups is 1. The third-order valence-electron chi connectivity index (χ3n) is 5.81. The van der Waals surface area contributed by atoms with E-state index in [4.69, 9.17) is 4.98 Å². The van der Waals surface area contributed by atoms with E-state index in [2.05, 4.69) is 26.2 Å². The van der Waals surface area contributed by atoms with Crippen molar-refractivity contribution < 1.29 is 9.90 Å². The van der Waals surface area contributed by atoms with Crippen molar-refractivity contribution in [2.45, 2.75) is 20.4 Å². The topological polar surface area (TPSA) is 79.8 Å². The number of carbonyl (C=O) groups excluding carboxylic acids is 1. The normalized spacial score (nSPS) is 11.6. The molecule has 1 amide bonds. The van der Waals surface area contributed by atoms with Crippen LogP contribution in [-0.4, -0.2) is 20.6 Å². The van der Waals surface area contributed by atoms with Gasteiger partial charge in [0.15, 0.2) is 5.69 Å². The molecule has 0 radical (unpaired) electrons. The van der Waals surface area contributed by atoms with Gasteiger partial charge in [0.25, 0.3) is 5.91 Å². The Labute approximate surface area is 204 Å². The van der Waals surface area contributed by atoms with E-state index in [1.54, 1.807) is 10.6 Å². The van der Waals surface area contributed by atoms with Gasteiger partial charge in [-0.1, -0.05) is 57.9 Å². The van der Waals surface area contributed by atoms with Crippen LogP contribution in [0.4, 0.5) is 5.69 Å². The van der Waals surface area contributed by atoms with Gasteiger partial charge in [-0.15, -0.1) is 10.2 Å². The van der Waals surface area contributed by atoms with Gasteiger partial charge in [0.1, 0.15) is 0 Å². The maximum Gasteiger partial charge on any atom is 0.296 e. The zero-order chi connectivity index (χ0) is 23.8. The van der Waals surface area contributed by atoms with Crippen molar-refractivity contribution in [1.29, 1.82) is 0 Å². The second kappa shape index (κ2) is 8.83. The lowest BCUT2D eigenvalue weighted by atomic mass is 10.0. The molecule has 2 aromatic heterocycles. The SMILES string of the molecule is CCn1c(O)c(N=NC(=O)c2cc(-c3ccc(Br)cc3)nc3ccc(C)cc23)c2ccccc21. The van der Waals surface area contributed by atoms with E-state index in [1.807, 2.05) is 80.6 Å². The number of hydrogen-bond donors (Lipinski definition) is 1. The van der Waals surface area contributed by atoms with Gasteiger partial charge in [0, 0.05) is 27.4 Å². The number of fused-ring (bicyclic) bond motifs is 2. The molecule has 6 nitrogen and oxygen atoms in total. The summed E-state index contributed by atoms with van der Waals surface area (Å²) in [6.45, 7) is 4.48. The summed E-state index contributed by atoms with van der Waals surface area (Å²) in [5.74, 6) is -0.504. The highest BCUT2D eigenvalue weighted by molar-refractivity contribution is 9.10. The van der Waals surface area contributed by atoms with Crippen LogP contribution in [0, 0.1) is 6.92 Å². The molecule has 0 spiro atoms. The minimum Gasteiger partial charge on any atom is -0.493 e.